The maximum absolute atomic E-state index is 12.2. The van der Waals surface area contributed by atoms with Gasteiger partial charge >= 0.3 is 12.1 Å². The normalized spacial score (nSPS) is 11.2. The van der Waals surface area contributed by atoms with Gasteiger partial charge in [-0.05, 0) is 65.0 Å². The topological polar surface area (TPSA) is 117 Å². The number of aryl methyl sites for hydroxylation is 2. The van der Waals surface area contributed by atoms with Gasteiger partial charge in [-0.25, -0.2) is 9.59 Å². The van der Waals surface area contributed by atoms with Crippen molar-refractivity contribution in [2.45, 2.75) is 46.8 Å². The summed E-state index contributed by atoms with van der Waals surface area (Å²) >= 11 is 0. The van der Waals surface area contributed by atoms with E-state index >= 15 is 0 Å². The number of benzene rings is 1. The SMILES string of the molecule is Cc1cc(-c2nnc(COC(=O)c3ccc(NC(=O)OC(C)(C)C)cc3)o2)c(C)o1. The van der Waals surface area contributed by atoms with Crippen molar-refractivity contribution in [3.8, 4) is 11.5 Å². The van der Waals surface area contributed by atoms with Crippen LogP contribution in [0.3, 0.4) is 0 Å². The second-order valence-corrected chi connectivity index (χ2v) is 7.61. The summed E-state index contributed by atoms with van der Waals surface area (Å²) in [5, 5.41) is 10.4. The second kappa shape index (κ2) is 8.40. The van der Waals surface area contributed by atoms with E-state index in [1.807, 2.05) is 6.92 Å². The molecule has 0 aliphatic heterocycles. The number of nitrogens with one attached hydrogen (secondary N) is 1. The van der Waals surface area contributed by atoms with Crippen LogP contribution in [-0.2, 0) is 16.1 Å². The number of hydrogen-bond acceptors (Lipinski definition) is 8. The van der Waals surface area contributed by atoms with Crippen LogP contribution >= 0.6 is 0 Å². The van der Waals surface area contributed by atoms with E-state index in [1.54, 1.807) is 45.9 Å². The molecule has 0 saturated heterocycles. The number of aromatic nitrogens is 2. The number of amides is 1. The summed E-state index contributed by atoms with van der Waals surface area (Å²) in [5.74, 6) is 1.31. The van der Waals surface area contributed by atoms with Gasteiger partial charge in [-0.2, -0.15) is 0 Å². The van der Waals surface area contributed by atoms with E-state index in [0.29, 0.717) is 28.5 Å². The fourth-order valence-electron chi connectivity index (χ4n) is 2.59. The Hall–Kier alpha value is -3.62. The van der Waals surface area contributed by atoms with Crippen molar-refractivity contribution in [2.75, 3.05) is 5.32 Å². The summed E-state index contributed by atoms with van der Waals surface area (Å²) in [6.07, 6.45) is -0.576. The van der Waals surface area contributed by atoms with Crippen LogP contribution in [0.25, 0.3) is 11.5 Å². The van der Waals surface area contributed by atoms with Crippen LogP contribution in [0.2, 0.25) is 0 Å². The molecule has 0 atom stereocenters. The van der Waals surface area contributed by atoms with E-state index in [9.17, 15) is 9.59 Å². The number of nitrogens with zero attached hydrogens (tertiary/aromatic N) is 2. The van der Waals surface area contributed by atoms with Gasteiger partial charge < -0.3 is 18.3 Å². The Morgan fingerprint density at radius 3 is 2.37 bits per heavy atom. The highest BCUT2D eigenvalue weighted by atomic mass is 16.6. The molecule has 0 aliphatic carbocycles. The molecule has 3 aromatic rings. The third kappa shape index (κ3) is 5.47. The van der Waals surface area contributed by atoms with Crippen molar-refractivity contribution >= 4 is 17.7 Å². The largest absolute Gasteiger partial charge is 0.466 e. The monoisotopic (exact) mass is 413 g/mol. The molecule has 3 rings (SSSR count). The Labute approximate surface area is 173 Å². The highest BCUT2D eigenvalue weighted by molar-refractivity contribution is 5.91. The molecule has 9 nitrogen and oxygen atoms in total. The van der Waals surface area contributed by atoms with Crippen molar-refractivity contribution in [2.24, 2.45) is 0 Å². The first-order chi connectivity index (χ1) is 14.1. The molecule has 0 aliphatic rings. The van der Waals surface area contributed by atoms with Crippen LogP contribution in [0.4, 0.5) is 10.5 Å². The molecule has 158 valence electrons. The minimum Gasteiger partial charge on any atom is -0.466 e. The van der Waals surface area contributed by atoms with Gasteiger partial charge in [-0.15, -0.1) is 10.2 Å². The van der Waals surface area contributed by atoms with Crippen LogP contribution in [0.15, 0.2) is 39.2 Å². The minimum atomic E-state index is -0.600. The average Bonchev–Trinajstić information content (AvgIpc) is 3.24. The number of hydrogen-bond donors (Lipinski definition) is 1. The first-order valence-electron chi connectivity index (χ1n) is 9.28. The highest BCUT2D eigenvalue weighted by Gasteiger charge is 2.18. The Kier molecular flexibility index (Phi) is 5.91. The summed E-state index contributed by atoms with van der Waals surface area (Å²) in [6.45, 7) is 8.78. The van der Waals surface area contributed by atoms with E-state index in [0.717, 1.165) is 5.76 Å². The molecule has 0 saturated carbocycles. The number of anilines is 1. The molecular formula is C21H23N3O6. The zero-order valence-electron chi connectivity index (χ0n) is 17.4. The molecule has 0 spiro atoms. The second-order valence-electron chi connectivity index (χ2n) is 7.61. The molecule has 0 bridgehead atoms. The molecule has 2 heterocycles. The van der Waals surface area contributed by atoms with Crippen LogP contribution in [0.1, 0.15) is 48.5 Å². The lowest BCUT2D eigenvalue weighted by molar-refractivity contribution is 0.0438. The minimum absolute atomic E-state index is 0.166. The molecule has 1 N–H and O–H groups in total. The van der Waals surface area contributed by atoms with E-state index in [2.05, 4.69) is 15.5 Å². The van der Waals surface area contributed by atoms with Gasteiger partial charge in [0.2, 0.25) is 0 Å². The van der Waals surface area contributed by atoms with Gasteiger partial charge in [0.05, 0.1) is 11.1 Å². The van der Waals surface area contributed by atoms with E-state index in [4.69, 9.17) is 18.3 Å². The molecule has 0 fully saturated rings. The lowest BCUT2D eigenvalue weighted by Gasteiger charge is -2.19. The third-order valence-electron chi connectivity index (χ3n) is 3.83. The Morgan fingerprint density at radius 2 is 1.77 bits per heavy atom. The summed E-state index contributed by atoms with van der Waals surface area (Å²) in [4.78, 5) is 24.0. The van der Waals surface area contributed by atoms with Crippen LogP contribution in [-0.4, -0.2) is 27.9 Å². The highest BCUT2D eigenvalue weighted by Crippen LogP contribution is 2.25. The number of esters is 1. The third-order valence-corrected chi connectivity index (χ3v) is 3.83. The first kappa shape index (κ1) is 21.1. The van der Waals surface area contributed by atoms with Gasteiger partial charge in [0.25, 0.3) is 11.8 Å². The van der Waals surface area contributed by atoms with Crippen molar-refractivity contribution in [3.63, 3.8) is 0 Å². The van der Waals surface area contributed by atoms with Gasteiger partial charge in [0.1, 0.15) is 17.1 Å². The van der Waals surface area contributed by atoms with Gasteiger partial charge in [-0.1, -0.05) is 0 Å². The molecular weight excluding hydrogens is 390 g/mol. The molecule has 1 amide bonds. The summed E-state index contributed by atoms with van der Waals surface area (Å²) in [6, 6.07) is 8.02. The number of rotatable bonds is 5. The number of carbonyl (C=O) groups is 2. The zero-order chi connectivity index (χ0) is 21.9. The molecule has 30 heavy (non-hydrogen) atoms. The quantitative estimate of drug-likeness (QED) is 0.601. The van der Waals surface area contributed by atoms with E-state index in [1.165, 1.54) is 12.1 Å². The molecule has 0 unspecified atom stereocenters. The average molecular weight is 413 g/mol. The zero-order valence-corrected chi connectivity index (χ0v) is 17.4. The maximum Gasteiger partial charge on any atom is 0.412 e. The fraction of sp³-hybridized carbons (Fsp3) is 0.333. The van der Waals surface area contributed by atoms with Crippen molar-refractivity contribution in [3.05, 3.63) is 53.3 Å². The maximum atomic E-state index is 12.2. The van der Waals surface area contributed by atoms with Crippen LogP contribution in [0.5, 0.6) is 0 Å². The van der Waals surface area contributed by atoms with Crippen molar-refractivity contribution in [1.29, 1.82) is 0 Å². The van der Waals surface area contributed by atoms with Gasteiger partial charge in [-0.3, -0.25) is 5.32 Å². The standard InChI is InChI=1S/C21H23N3O6/c1-12-10-16(13(2)28-12)18-24-23-17(29-18)11-27-19(25)14-6-8-15(9-7-14)22-20(26)30-21(3,4)5/h6-10H,11H2,1-5H3,(H,22,26). The Bertz CT molecular complexity index is 1040. The van der Waals surface area contributed by atoms with Crippen molar-refractivity contribution < 1.29 is 27.9 Å². The lowest BCUT2D eigenvalue weighted by Crippen LogP contribution is -2.27. The molecule has 1 aromatic carbocycles. The van der Waals surface area contributed by atoms with Gasteiger partial charge in [0.15, 0.2) is 6.61 Å². The summed E-state index contributed by atoms with van der Waals surface area (Å²) < 4.78 is 21.4. The van der Waals surface area contributed by atoms with E-state index < -0.39 is 17.7 Å². The summed E-state index contributed by atoms with van der Waals surface area (Å²) in [7, 11) is 0. The predicted octanol–water partition coefficient (Wildman–Crippen LogP) is 4.65. The first-order valence-corrected chi connectivity index (χ1v) is 9.28. The molecule has 2 aromatic heterocycles. The molecule has 0 radical (unpaired) electrons. The predicted molar refractivity (Wildman–Crippen MR) is 107 cm³/mol. The van der Waals surface area contributed by atoms with E-state index in [-0.39, 0.29) is 12.5 Å². The Balaban J connectivity index is 1.55. The Morgan fingerprint density at radius 1 is 1.07 bits per heavy atom. The number of carbonyl (C=O) groups excluding carboxylic acids is 2. The smallest absolute Gasteiger partial charge is 0.412 e. The lowest BCUT2D eigenvalue weighted by atomic mass is 10.2. The fourth-order valence-corrected chi connectivity index (χ4v) is 2.59. The van der Waals surface area contributed by atoms with Crippen LogP contribution in [0, 0.1) is 13.8 Å². The summed E-state index contributed by atoms with van der Waals surface area (Å²) in [5.41, 5.74) is 0.905. The molecule has 9 heteroatoms. The number of furan rings is 1. The van der Waals surface area contributed by atoms with Crippen molar-refractivity contribution in [1.82, 2.24) is 10.2 Å². The van der Waals surface area contributed by atoms with Gasteiger partial charge in [0, 0.05) is 5.69 Å². The number of ether oxygens (including phenoxy) is 2. The van der Waals surface area contributed by atoms with Crippen LogP contribution < -0.4 is 5.32 Å².